The average molecular weight is 529 g/mol. The van der Waals surface area contributed by atoms with E-state index in [1.54, 1.807) is 37.5 Å². The highest BCUT2D eigenvalue weighted by atomic mass is 127. The van der Waals surface area contributed by atoms with E-state index in [1.165, 1.54) is 12.1 Å². The molecule has 0 bridgehead atoms. The van der Waals surface area contributed by atoms with E-state index < -0.39 is 4.92 Å². The largest absolute Gasteiger partial charge is 0.378 e. The summed E-state index contributed by atoms with van der Waals surface area (Å²) in [5.41, 5.74) is 0.522. The second-order valence-electron chi connectivity index (χ2n) is 6.58. The molecule has 3 N–H and O–H groups in total. The van der Waals surface area contributed by atoms with Gasteiger partial charge in [0.05, 0.1) is 4.92 Å². The van der Waals surface area contributed by atoms with Crippen molar-refractivity contribution < 1.29 is 9.31 Å². The number of nitro benzene ring substituents is 1. The van der Waals surface area contributed by atoms with Gasteiger partial charge < -0.3 is 20.9 Å². The molecule has 0 radical (unpaired) electrons. The zero-order valence-electron chi connectivity index (χ0n) is 16.5. The molecule has 30 heavy (non-hydrogen) atoms. The number of guanidine groups is 1. The molecule has 1 aliphatic heterocycles. The van der Waals surface area contributed by atoms with E-state index in [2.05, 4.69) is 25.9 Å². The van der Waals surface area contributed by atoms with E-state index in [9.17, 15) is 14.5 Å². The fourth-order valence-corrected chi connectivity index (χ4v) is 3.23. The van der Waals surface area contributed by atoms with Crippen LogP contribution in [-0.4, -0.2) is 55.1 Å². The second kappa shape index (κ2) is 11.5. The van der Waals surface area contributed by atoms with Crippen molar-refractivity contribution in [2.45, 2.75) is 12.5 Å². The first-order valence-corrected chi connectivity index (χ1v) is 9.38. The van der Waals surface area contributed by atoms with Crippen LogP contribution in [-0.2, 0) is 0 Å². The van der Waals surface area contributed by atoms with Gasteiger partial charge in [-0.2, -0.15) is 0 Å². The van der Waals surface area contributed by atoms with Crippen molar-refractivity contribution in [3.05, 3.63) is 58.5 Å². The highest BCUT2D eigenvalue weighted by Crippen LogP contribution is 2.23. The number of rotatable bonds is 7. The standard InChI is InChI=1S/C19H24FN7O2.HI/c1-21-19(24-11-10-22-16-6-2-3-7-17(16)27(28)29)25-14-8-12-26(13-14)18-15(20)5-4-9-23-18;/h2-7,9,14,22H,8,10-13H2,1H3,(H2,21,24,25);1H. The number of benzene rings is 1. The molecule has 0 aliphatic carbocycles. The maximum absolute atomic E-state index is 13.9. The van der Waals surface area contributed by atoms with Gasteiger partial charge in [0.2, 0.25) is 0 Å². The normalized spacial score (nSPS) is 16.0. The number of aliphatic imine (C=N–C) groups is 1. The monoisotopic (exact) mass is 529 g/mol. The number of halogens is 2. The van der Waals surface area contributed by atoms with Gasteiger partial charge in [0.15, 0.2) is 17.6 Å². The summed E-state index contributed by atoms with van der Waals surface area (Å²) in [5.74, 6) is 0.674. The van der Waals surface area contributed by atoms with Gasteiger partial charge in [0, 0.05) is 51.5 Å². The third-order valence-electron chi connectivity index (χ3n) is 4.62. The third-order valence-corrected chi connectivity index (χ3v) is 4.62. The molecule has 2 heterocycles. The molecule has 162 valence electrons. The van der Waals surface area contributed by atoms with Gasteiger partial charge in [-0.1, -0.05) is 12.1 Å². The molecule has 1 aromatic carbocycles. The Kier molecular flexibility index (Phi) is 9.02. The van der Waals surface area contributed by atoms with Gasteiger partial charge in [0.1, 0.15) is 5.69 Å². The molecular formula is C19H25FIN7O2. The molecule has 0 spiro atoms. The SMILES string of the molecule is CN=C(NCCNc1ccccc1[N+](=O)[O-])NC1CCN(c2ncccc2F)C1.I. The molecule has 1 unspecified atom stereocenters. The van der Waals surface area contributed by atoms with Gasteiger partial charge in [0.25, 0.3) is 5.69 Å². The maximum atomic E-state index is 13.9. The smallest absolute Gasteiger partial charge is 0.292 e. The lowest BCUT2D eigenvalue weighted by Gasteiger charge is -2.20. The fourth-order valence-electron chi connectivity index (χ4n) is 3.23. The van der Waals surface area contributed by atoms with E-state index in [0.717, 1.165) is 6.42 Å². The fraction of sp³-hybridized carbons (Fsp3) is 0.368. The van der Waals surface area contributed by atoms with Gasteiger partial charge >= 0.3 is 0 Å². The third kappa shape index (κ3) is 6.15. The molecular weight excluding hydrogens is 504 g/mol. The van der Waals surface area contributed by atoms with Crippen LogP contribution in [0.5, 0.6) is 0 Å². The summed E-state index contributed by atoms with van der Waals surface area (Å²) in [6.45, 7) is 2.35. The average Bonchev–Trinajstić information content (AvgIpc) is 3.19. The second-order valence-corrected chi connectivity index (χ2v) is 6.58. The van der Waals surface area contributed by atoms with Gasteiger partial charge in [-0.15, -0.1) is 24.0 Å². The number of para-hydroxylation sites is 2. The summed E-state index contributed by atoms with van der Waals surface area (Å²) >= 11 is 0. The van der Waals surface area contributed by atoms with Crippen molar-refractivity contribution in [2.75, 3.05) is 43.4 Å². The zero-order chi connectivity index (χ0) is 20.6. The highest BCUT2D eigenvalue weighted by molar-refractivity contribution is 14.0. The summed E-state index contributed by atoms with van der Waals surface area (Å²) in [7, 11) is 1.68. The molecule has 1 aromatic heterocycles. The summed E-state index contributed by atoms with van der Waals surface area (Å²) < 4.78 is 13.9. The summed E-state index contributed by atoms with van der Waals surface area (Å²) in [6, 6.07) is 9.63. The van der Waals surface area contributed by atoms with Crippen LogP contribution < -0.4 is 20.9 Å². The minimum Gasteiger partial charge on any atom is -0.378 e. The molecule has 1 atom stereocenters. The Bertz CT molecular complexity index is 883. The molecule has 1 saturated heterocycles. The van der Waals surface area contributed by atoms with Crippen LogP contribution in [0.3, 0.4) is 0 Å². The van der Waals surface area contributed by atoms with Crippen molar-refractivity contribution in [2.24, 2.45) is 4.99 Å². The van der Waals surface area contributed by atoms with E-state index in [1.807, 2.05) is 4.90 Å². The van der Waals surface area contributed by atoms with E-state index in [4.69, 9.17) is 0 Å². The van der Waals surface area contributed by atoms with Gasteiger partial charge in [-0.25, -0.2) is 9.37 Å². The summed E-state index contributed by atoms with van der Waals surface area (Å²) in [6.07, 6.45) is 2.43. The molecule has 0 amide bonds. The Morgan fingerprint density at radius 2 is 2.13 bits per heavy atom. The number of nitro groups is 1. The Hall–Kier alpha value is -2.70. The minimum absolute atomic E-state index is 0. The van der Waals surface area contributed by atoms with Crippen molar-refractivity contribution >= 4 is 47.1 Å². The summed E-state index contributed by atoms with van der Waals surface area (Å²) in [5, 5.41) is 20.6. The number of nitrogens with one attached hydrogen (secondary N) is 3. The first kappa shape index (κ1) is 23.6. The highest BCUT2D eigenvalue weighted by Gasteiger charge is 2.25. The Morgan fingerprint density at radius 3 is 2.87 bits per heavy atom. The molecule has 1 aliphatic rings. The van der Waals surface area contributed by atoms with Crippen molar-refractivity contribution in [3.63, 3.8) is 0 Å². The number of hydrogen-bond acceptors (Lipinski definition) is 6. The van der Waals surface area contributed by atoms with Crippen molar-refractivity contribution in [3.8, 4) is 0 Å². The predicted molar refractivity (Wildman–Crippen MR) is 126 cm³/mol. The molecule has 2 aromatic rings. The lowest BCUT2D eigenvalue weighted by Crippen LogP contribution is -2.45. The van der Waals surface area contributed by atoms with Crippen LogP contribution in [0, 0.1) is 15.9 Å². The molecule has 1 fully saturated rings. The van der Waals surface area contributed by atoms with Gasteiger partial charge in [-0.05, 0) is 24.6 Å². The zero-order valence-corrected chi connectivity index (χ0v) is 18.9. The number of hydrogen-bond donors (Lipinski definition) is 3. The molecule has 11 heteroatoms. The molecule has 9 nitrogen and oxygen atoms in total. The Labute approximate surface area is 191 Å². The lowest BCUT2D eigenvalue weighted by atomic mass is 10.2. The first-order valence-electron chi connectivity index (χ1n) is 9.38. The van der Waals surface area contributed by atoms with Crippen LogP contribution in [0.1, 0.15) is 6.42 Å². The molecule has 0 saturated carbocycles. The quantitative estimate of drug-likeness (QED) is 0.126. The number of aromatic nitrogens is 1. The van der Waals surface area contributed by atoms with E-state index >= 15 is 0 Å². The Balaban J connectivity index is 0.00000320. The maximum Gasteiger partial charge on any atom is 0.292 e. The summed E-state index contributed by atoms with van der Waals surface area (Å²) in [4.78, 5) is 20.9. The number of anilines is 2. The van der Waals surface area contributed by atoms with Gasteiger partial charge in [-0.3, -0.25) is 15.1 Å². The van der Waals surface area contributed by atoms with Crippen LogP contribution in [0.2, 0.25) is 0 Å². The Morgan fingerprint density at radius 1 is 1.33 bits per heavy atom. The van der Waals surface area contributed by atoms with E-state index in [0.29, 0.717) is 43.6 Å². The van der Waals surface area contributed by atoms with Crippen LogP contribution in [0.15, 0.2) is 47.6 Å². The lowest BCUT2D eigenvalue weighted by molar-refractivity contribution is -0.384. The minimum atomic E-state index is -0.410. The van der Waals surface area contributed by atoms with Crippen molar-refractivity contribution in [1.29, 1.82) is 0 Å². The van der Waals surface area contributed by atoms with E-state index in [-0.39, 0.29) is 41.5 Å². The number of nitrogens with zero attached hydrogens (tertiary/aromatic N) is 4. The van der Waals surface area contributed by atoms with Crippen LogP contribution in [0.25, 0.3) is 0 Å². The molecule has 3 rings (SSSR count). The van der Waals surface area contributed by atoms with Crippen molar-refractivity contribution in [1.82, 2.24) is 15.6 Å². The number of pyridine rings is 1. The van der Waals surface area contributed by atoms with Crippen LogP contribution >= 0.6 is 24.0 Å². The topological polar surface area (TPSA) is 108 Å². The van der Waals surface area contributed by atoms with Crippen LogP contribution in [0.4, 0.5) is 21.6 Å². The first-order chi connectivity index (χ1) is 14.1. The predicted octanol–water partition coefficient (Wildman–Crippen LogP) is 2.60.